The Morgan fingerprint density at radius 1 is 0.933 bits per heavy atom. The number of ketones is 1. The summed E-state index contributed by atoms with van der Waals surface area (Å²) in [7, 11) is 1.59. The van der Waals surface area contributed by atoms with Gasteiger partial charge < -0.3 is 14.8 Å². The van der Waals surface area contributed by atoms with E-state index in [0.29, 0.717) is 17.1 Å². The van der Waals surface area contributed by atoms with E-state index in [1.165, 1.54) is 6.08 Å². The van der Waals surface area contributed by atoms with Gasteiger partial charge in [-0.05, 0) is 61.0 Å². The van der Waals surface area contributed by atoms with Crippen molar-refractivity contribution in [2.75, 3.05) is 19.0 Å². The predicted octanol–water partition coefficient (Wildman–Crippen LogP) is 4.92. The van der Waals surface area contributed by atoms with Gasteiger partial charge in [0, 0.05) is 16.8 Å². The first-order chi connectivity index (χ1) is 14.6. The fraction of sp³-hybridized carbons (Fsp3) is 0.120. The van der Waals surface area contributed by atoms with Crippen molar-refractivity contribution in [1.29, 1.82) is 0 Å². The molecule has 0 aliphatic rings. The second-order valence-corrected chi connectivity index (χ2v) is 6.62. The first-order valence-electron chi connectivity index (χ1n) is 9.50. The Hall–Kier alpha value is -3.86. The molecule has 0 aliphatic carbocycles. The molecule has 3 aromatic carbocycles. The second kappa shape index (κ2) is 10.1. The molecule has 0 heterocycles. The highest BCUT2D eigenvalue weighted by molar-refractivity contribution is 6.07. The zero-order valence-corrected chi connectivity index (χ0v) is 16.9. The van der Waals surface area contributed by atoms with Crippen molar-refractivity contribution < 1.29 is 19.1 Å². The number of carbonyl (C=O) groups is 2. The highest BCUT2D eigenvalue weighted by Gasteiger charge is 2.07. The molecule has 152 valence electrons. The molecule has 0 bridgehead atoms. The highest BCUT2D eigenvalue weighted by Crippen LogP contribution is 2.20. The van der Waals surface area contributed by atoms with E-state index in [4.69, 9.17) is 9.47 Å². The Balaban J connectivity index is 1.55. The van der Waals surface area contributed by atoms with Gasteiger partial charge >= 0.3 is 0 Å². The van der Waals surface area contributed by atoms with E-state index in [1.54, 1.807) is 37.5 Å². The van der Waals surface area contributed by atoms with Gasteiger partial charge in [-0.2, -0.15) is 0 Å². The Kier molecular flexibility index (Phi) is 7.00. The van der Waals surface area contributed by atoms with Crippen molar-refractivity contribution >= 4 is 23.5 Å². The fourth-order valence-electron chi connectivity index (χ4n) is 2.83. The van der Waals surface area contributed by atoms with Gasteiger partial charge in [0.15, 0.2) is 12.4 Å². The molecule has 0 atom stereocenters. The van der Waals surface area contributed by atoms with Crippen LogP contribution in [0.5, 0.6) is 11.5 Å². The SMILES string of the molecule is COc1ccccc1/C=C/C(=O)c1ccc(OCC(=O)Nc2ccccc2C)cc1. The Morgan fingerprint density at radius 2 is 1.63 bits per heavy atom. The first kappa shape index (κ1) is 20.9. The standard InChI is InChI=1S/C25H23NO4/c1-18-7-3-5-9-22(18)26-25(28)17-30-21-14-11-19(12-15-21)23(27)16-13-20-8-4-6-10-24(20)29-2/h3-16H,17H2,1-2H3,(H,26,28)/b16-13+. The maximum absolute atomic E-state index is 12.4. The summed E-state index contributed by atoms with van der Waals surface area (Å²) < 4.78 is 10.8. The van der Waals surface area contributed by atoms with Gasteiger partial charge in [0.2, 0.25) is 0 Å². The van der Waals surface area contributed by atoms with Crippen LogP contribution in [0.3, 0.4) is 0 Å². The van der Waals surface area contributed by atoms with E-state index in [9.17, 15) is 9.59 Å². The molecule has 0 saturated carbocycles. The van der Waals surface area contributed by atoms with Gasteiger partial charge in [-0.1, -0.05) is 36.4 Å². The lowest BCUT2D eigenvalue weighted by atomic mass is 10.1. The number of allylic oxidation sites excluding steroid dienone is 1. The minimum atomic E-state index is -0.246. The number of ether oxygens (including phenoxy) is 2. The Morgan fingerprint density at radius 3 is 2.37 bits per heavy atom. The smallest absolute Gasteiger partial charge is 0.262 e. The number of carbonyl (C=O) groups excluding carboxylic acids is 2. The third kappa shape index (κ3) is 5.58. The number of hydrogen-bond donors (Lipinski definition) is 1. The highest BCUT2D eigenvalue weighted by atomic mass is 16.5. The Bertz CT molecular complexity index is 1050. The minimum Gasteiger partial charge on any atom is -0.496 e. The van der Waals surface area contributed by atoms with E-state index in [-0.39, 0.29) is 18.3 Å². The second-order valence-electron chi connectivity index (χ2n) is 6.62. The van der Waals surface area contributed by atoms with Crippen LogP contribution in [-0.4, -0.2) is 25.4 Å². The lowest BCUT2D eigenvalue weighted by molar-refractivity contribution is -0.118. The number of amides is 1. The van der Waals surface area contributed by atoms with Crippen LogP contribution in [0, 0.1) is 6.92 Å². The van der Waals surface area contributed by atoms with Crippen molar-refractivity contribution in [2.24, 2.45) is 0 Å². The molecule has 1 N–H and O–H groups in total. The number of aryl methyl sites for hydroxylation is 1. The number of hydrogen-bond acceptors (Lipinski definition) is 4. The fourth-order valence-corrected chi connectivity index (χ4v) is 2.83. The monoisotopic (exact) mass is 401 g/mol. The maximum atomic E-state index is 12.4. The summed E-state index contributed by atoms with van der Waals surface area (Å²) in [6, 6.07) is 21.7. The van der Waals surface area contributed by atoms with E-state index in [1.807, 2.05) is 55.5 Å². The summed E-state index contributed by atoms with van der Waals surface area (Å²) in [6.45, 7) is 1.81. The molecule has 3 rings (SSSR count). The number of rotatable bonds is 8. The van der Waals surface area contributed by atoms with Crippen molar-refractivity contribution in [2.45, 2.75) is 6.92 Å². The number of benzene rings is 3. The van der Waals surface area contributed by atoms with Gasteiger partial charge in [0.25, 0.3) is 5.91 Å². The van der Waals surface area contributed by atoms with Crippen LogP contribution in [-0.2, 0) is 4.79 Å². The van der Waals surface area contributed by atoms with Crippen LogP contribution in [0.15, 0.2) is 78.9 Å². The number of para-hydroxylation sites is 2. The lowest BCUT2D eigenvalue weighted by Gasteiger charge is -2.09. The molecule has 0 saturated heterocycles. The molecule has 0 aromatic heterocycles. The van der Waals surface area contributed by atoms with Gasteiger partial charge in [0.1, 0.15) is 11.5 Å². The van der Waals surface area contributed by atoms with Crippen LogP contribution in [0.2, 0.25) is 0 Å². The molecule has 5 heteroatoms. The van der Waals surface area contributed by atoms with Crippen LogP contribution < -0.4 is 14.8 Å². The Labute approximate surface area is 176 Å². The predicted molar refractivity (Wildman–Crippen MR) is 118 cm³/mol. The average molecular weight is 401 g/mol. The average Bonchev–Trinajstić information content (AvgIpc) is 2.78. The number of nitrogens with one attached hydrogen (secondary N) is 1. The molecule has 1 amide bonds. The summed E-state index contributed by atoms with van der Waals surface area (Å²) in [4.78, 5) is 24.5. The number of methoxy groups -OCH3 is 1. The van der Waals surface area contributed by atoms with Gasteiger partial charge in [0.05, 0.1) is 7.11 Å². The molecule has 3 aromatic rings. The van der Waals surface area contributed by atoms with Crippen molar-refractivity contribution in [3.8, 4) is 11.5 Å². The molecule has 0 aliphatic heterocycles. The number of anilines is 1. The van der Waals surface area contributed by atoms with E-state index in [0.717, 1.165) is 16.8 Å². The van der Waals surface area contributed by atoms with Gasteiger partial charge in [-0.15, -0.1) is 0 Å². The molecular weight excluding hydrogens is 378 g/mol. The zero-order chi connectivity index (χ0) is 21.3. The molecule has 30 heavy (non-hydrogen) atoms. The first-order valence-corrected chi connectivity index (χ1v) is 9.50. The summed E-state index contributed by atoms with van der Waals surface area (Å²) in [5, 5.41) is 2.81. The van der Waals surface area contributed by atoms with Crippen molar-refractivity contribution in [1.82, 2.24) is 0 Å². The van der Waals surface area contributed by atoms with Crippen molar-refractivity contribution in [3.05, 3.63) is 95.6 Å². The summed E-state index contributed by atoms with van der Waals surface area (Å²) >= 11 is 0. The molecule has 0 fully saturated rings. The summed E-state index contributed by atoms with van der Waals surface area (Å²) in [5.74, 6) is 0.836. The van der Waals surface area contributed by atoms with Gasteiger partial charge in [-0.3, -0.25) is 9.59 Å². The van der Waals surface area contributed by atoms with Crippen LogP contribution in [0.1, 0.15) is 21.5 Å². The minimum absolute atomic E-state index is 0.116. The van der Waals surface area contributed by atoms with E-state index in [2.05, 4.69) is 5.32 Å². The molecule has 0 unspecified atom stereocenters. The van der Waals surface area contributed by atoms with Crippen LogP contribution in [0.25, 0.3) is 6.08 Å². The topological polar surface area (TPSA) is 64.6 Å². The molecule has 0 radical (unpaired) electrons. The largest absolute Gasteiger partial charge is 0.496 e. The van der Waals surface area contributed by atoms with Crippen LogP contribution in [0.4, 0.5) is 5.69 Å². The zero-order valence-electron chi connectivity index (χ0n) is 16.9. The normalized spacial score (nSPS) is 10.6. The lowest BCUT2D eigenvalue weighted by Crippen LogP contribution is -2.20. The van der Waals surface area contributed by atoms with Gasteiger partial charge in [-0.25, -0.2) is 0 Å². The molecule has 5 nitrogen and oxygen atoms in total. The van der Waals surface area contributed by atoms with Crippen molar-refractivity contribution in [3.63, 3.8) is 0 Å². The summed E-state index contributed by atoms with van der Waals surface area (Å²) in [6.07, 6.45) is 3.23. The third-order valence-electron chi connectivity index (χ3n) is 4.48. The molecule has 0 spiro atoms. The maximum Gasteiger partial charge on any atom is 0.262 e. The van der Waals surface area contributed by atoms with E-state index >= 15 is 0 Å². The quantitative estimate of drug-likeness (QED) is 0.430. The third-order valence-corrected chi connectivity index (χ3v) is 4.48. The van der Waals surface area contributed by atoms with E-state index < -0.39 is 0 Å². The van der Waals surface area contributed by atoms with Crippen LogP contribution >= 0.6 is 0 Å². The summed E-state index contributed by atoms with van der Waals surface area (Å²) in [5.41, 5.74) is 3.09. The molecular formula is C25H23NO4.